The second-order valence-corrected chi connectivity index (χ2v) is 11.6. The first-order valence-corrected chi connectivity index (χ1v) is 14.7. The average molecular weight is 674 g/mol. The Morgan fingerprint density at radius 3 is 2.59 bits per heavy atom. The Morgan fingerprint density at radius 1 is 1.05 bits per heavy atom. The summed E-state index contributed by atoms with van der Waals surface area (Å²) in [6, 6.07) is 27.7. The second-order valence-electron chi connectivity index (χ2n) is 9.39. The maximum absolute atomic E-state index is 14.0. The molecule has 7 nitrogen and oxygen atoms in total. The number of allylic oxidation sites excluding steroid dienone is 1. The number of nitrogens with zero attached hydrogens (tertiary/aromatic N) is 2. The fourth-order valence-corrected chi connectivity index (χ4v) is 6.17. The Balaban J connectivity index is 1.46. The van der Waals surface area contributed by atoms with Gasteiger partial charge >= 0.3 is 0 Å². The van der Waals surface area contributed by atoms with E-state index in [1.165, 1.54) is 11.3 Å². The molecule has 0 fully saturated rings. The lowest BCUT2D eigenvalue weighted by Crippen LogP contribution is -2.40. The van der Waals surface area contributed by atoms with Crippen LogP contribution in [0.4, 0.5) is 5.69 Å². The standard InChI is InChI=1S/C32H24IN3O4S/c1-19-28(30(37)35-23-8-4-3-5-9-23)29(21-7-6-10-24(17-21)39-2)36-31(38)27(41-32(36)34-19)18-25-15-16-26(40-25)20-11-13-22(33)14-12-20/h3-18,29H,1-2H3,(H,35,37)/b27-18-/t29-/m0/s1. The molecule has 6 rings (SSSR count). The van der Waals surface area contributed by atoms with Crippen LogP contribution in [0.3, 0.4) is 0 Å². The van der Waals surface area contributed by atoms with Crippen molar-refractivity contribution in [2.24, 2.45) is 4.99 Å². The molecule has 1 aliphatic rings. The van der Waals surface area contributed by atoms with Crippen LogP contribution in [0.15, 0.2) is 116 Å². The number of ether oxygens (including phenoxy) is 1. The molecule has 1 amide bonds. The van der Waals surface area contributed by atoms with Crippen molar-refractivity contribution in [3.8, 4) is 17.1 Å². The van der Waals surface area contributed by atoms with Crippen molar-refractivity contribution in [1.82, 2.24) is 4.57 Å². The van der Waals surface area contributed by atoms with E-state index in [9.17, 15) is 9.59 Å². The van der Waals surface area contributed by atoms with Gasteiger partial charge in [0.1, 0.15) is 17.3 Å². The van der Waals surface area contributed by atoms with Crippen molar-refractivity contribution in [3.63, 3.8) is 0 Å². The number of hydrogen-bond acceptors (Lipinski definition) is 6. The highest BCUT2D eigenvalue weighted by molar-refractivity contribution is 14.1. The smallest absolute Gasteiger partial charge is 0.271 e. The number of furan rings is 1. The van der Waals surface area contributed by atoms with Crippen LogP contribution in [0, 0.1) is 3.57 Å². The van der Waals surface area contributed by atoms with Crippen molar-refractivity contribution >= 4 is 51.6 Å². The Hall–Kier alpha value is -4.22. The van der Waals surface area contributed by atoms with Crippen LogP contribution in [0.25, 0.3) is 17.4 Å². The zero-order chi connectivity index (χ0) is 28.5. The molecule has 0 spiro atoms. The molecule has 0 aliphatic carbocycles. The molecular weight excluding hydrogens is 649 g/mol. The van der Waals surface area contributed by atoms with E-state index in [1.807, 2.05) is 91.0 Å². The van der Waals surface area contributed by atoms with Crippen molar-refractivity contribution in [1.29, 1.82) is 0 Å². The number of carbonyl (C=O) groups is 1. The van der Waals surface area contributed by atoms with Crippen molar-refractivity contribution in [2.75, 3.05) is 12.4 Å². The van der Waals surface area contributed by atoms with Crippen LogP contribution in [-0.4, -0.2) is 17.6 Å². The first-order valence-electron chi connectivity index (χ1n) is 12.8. The lowest BCUT2D eigenvalue weighted by Gasteiger charge is -2.25. The van der Waals surface area contributed by atoms with Crippen molar-refractivity contribution in [2.45, 2.75) is 13.0 Å². The minimum Gasteiger partial charge on any atom is -0.497 e. The van der Waals surface area contributed by atoms with Crippen molar-refractivity contribution in [3.05, 3.63) is 137 Å². The molecular formula is C32H24IN3O4S. The number of amides is 1. The quantitative estimate of drug-likeness (QED) is 0.233. The molecule has 0 unspecified atom stereocenters. The number of rotatable bonds is 6. The summed E-state index contributed by atoms with van der Waals surface area (Å²) < 4.78 is 14.7. The highest BCUT2D eigenvalue weighted by Gasteiger charge is 2.32. The number of aromatic nitrogens is 1. The van der Waals surface area contributed by atoms with Crippen LogP contribution in [0.5, 0.6) is 5.75 Å². The first kappa shape index (κ1) is 27.0. The largest absolute Gasteiger partial charge is 0.497 e. The third-order valence-corrected chi connectivity index (χ3v) is 8.44. The van der Waals surface area contributed by atoms with Gasteiger partial charge in [-0.25, -0.2) is 4.99 Å². The van der Waals surface area contributed by atoms with Crippen molar-refractivity contribution < 1.29 is 13.9 Å². The van der Waals surface area contributed by atoms with Crippen LogP contribution in [-0.2, 0) is 4.79 Å². The molecule has 204 valence electrons. The summed E-state index contributed by atoms with van der Waals surface area (Å²) in [7, 11) is 1.59. The normalized spacial score (nSPS) is 14.9. The number of halogens is 1. The molecule has 3 heterocycles. The van der Waals surface area contributed by atoms with Gasteiger partial charge in [-0.05, 0) is 83.6 Å². The summed E-state index contributed by atoms with van der Waals surface area (Å²) in [5, 5.41) is 2.97. The van der Waals surface area contributed by atoms with Crippen LogP contribution in [0.1, 0.15) is 24.3 Å². The maximum atomic E-state index is 14.0. The third kappa shape index (κ3) is 5.42. The van der Waals surface area contributed by atoms with Gasteiger partial charge in [0.25, 0.3) is 11.5 Å². The molecule has 0 saturated heterocycles. The van der Waals surface area contributed by atoms with E-state index < -0.39 is 6.04 Å². The second kappa shape index (κ2) is 11.3. The van der Waals surface area contributed by atoms with E-state index in [4.69, 9.17) is 14.1 Å². The molecule has 0 bridgehead atoms. The minimum atomic E-state index is -0.703. The van der Waals surface area contributed by atoms with Gasteiger partial charge < -0.3 is 14.5 Å². The number of nitrogens with one attached hydrogen (secondary N) is 1. The number of para-hydroxylation sites is 1. The summed E-state index contributed by atoms with van der Waals surface area (Å²) in [6.45, 7) is 1.80. The van der Waals surface area contributed by atoms with E-state index in [-0.39, 0.29) is 11.5 Å². The fraction of sp³-hybridized carbons (Fsp3) is 0.0938. The van der Waals surface area contributed by atoms with Gasteiger partial charge in [-0.15, -0.1) is 0 Å². The van der Waals surface area contributed by atoms with E-state index in [1.54, 1.807) is 24.7 Å². The molecule has 1 aliphatic heterocycles. The molecule has 0 saturated carbocycles. The summed E-state index contributed by atoms with van der Waals surface area (Å²) in [4.78, 5) is 32.9. The molecule has 3 aromatic carbocycles. The molecule has 9 heteroatoms. The van der Waals surface area contributed by atoms with Gasteiger partial charge in [-0.2, -0.15) is 0 Å². The fourth-order valence-electron chi connectivity index (χ4n) is 4.79. The van der Waals surface area contributed by atoms with Gasteiger partial charge in [-0.3, -0.25) is 14.2 Å². The molecule has 0 radical (unpaired) electrons. The third-order valence-electron chi connectivity index (χ3n) is 6.74. The van der Waals surface area contributed by atoms with Gasteiger partial charge in [0, 0.05) is 20.9 Å². The monoisotopic (exact) mass is 673 g/mol. The summed E-state index contributed by atoms with van der Waals surface area (Å²) in [5.41, 5.74) is 3.02. The maximum Gasteiger partial charge on any atom is 0.271 e. The van der Waals surface area contributed by atoms with Gasteiger partial charge in [0.05, 0.1) is 29.0 Å². The lowest BCUT2D eigenvalue weighted by atomic mass is 9.95. The molecule has 41 heavy (non-hydrogen) atoms. The predicted molar refractivity (Wildman–Crippen MR) is 169 cm³/mol. The lowest BCUT2D eigenvalue weighted by molar-refractivity contribution is -0.113. The molecule has 1 N–H and O–H groups in total. The Morgan fingerprint density at radius 2 is 1.83 bits per heavy atom. The number of benzene rings is 3. The minimum absolute atomic E-state index is 0.258. The van der Waals surface area contributed by atoms with E-state index in [0.29, 0.717) is 43.6 Å². The Labute approximate surface area is 253 Å². The average Bonchev–Trinajstić information content (AvgIpc) is 3.57. The SMILES string of the molecule is COc1cccc([C@H]2C(C(=O)Nc3ccccc3)=C(C)N=c3s/c(=C\c4ccc(-c5ccc(I)cc5)o4)c(=O)n32)c1. The highest BCUT2D eigenvalue weighted by atomic mass is 127. The van der Waals surface area contributed by atoms with E-state index >= 15 is 0 Å². The van der Waals surface area contributed by atoms with E-state index in [2.05, 4.69) is 27.9 Å². The van der Waals surface area contributed by atoms with E-state index in [0.717, 1.165) is 14.7 Å². The number of fused-ring (bicyclic) bond motifs is 1. The predicted octanol–water partition coefficient (Wildman–Crippen LogP) is 5.75. The first-order chi connectivity index (χ1) is 19.9. The zero-order valence-corrected chi connectivity index (χ0v) is 25.1. The van der Waals surface area contributed by atoms with Crippen LogP contribution < -0.4 is 24.9 Å². The topological polar surface area (TPSA) is 85.8 Å². The number of methoxy groups -OCH3 is 1. The summed E-state index contributed by atoms with van der Waals surface area (Å²) in [6.07, 6.45) is 1.73. The summed E-state index contributed by atoms with van der Waals surface area (Å²) >= 11 is 3.53. The zero-order valence-electron chi connectivity index (χ0n) is 22.1. The summed E-state index contributed by atoms with van der Waals surface area (Å²) in [5.74, 6) is 1.57. The number of carbonyl (C=O) groups excluding carboxylic acids is 1. The number of hydrogen-bond donors (Lipinski definition) is 1. The molecule has 5 aromatic rings. The Kier molecular flexibility index (Phi) is 7.46. The highest BCUT2D eigenvalue weighted by Crippen LogP contribution is 2.32. The molecule has 1 atom stereocenters. The van der Waals surface area contributed by atoms with Gasteiger partial charge in [0.15, 0.2) is 4.80 Å². The molecule has 2 aromatic heterocycles. The van der Waals surface area contributed by atoms with Crippen LogP contribution in [0.2, 0.25) is 0 Å². The van der Waals surface area contributed by atoms with Crippen LogP contribution >= 0.6 is 33.9 Å². The van der Waals surface area contributed by atoms with Gasteiger partial charge in [0.2, 0.25) is 0 Å². The van der Waals surface area contributed by atoms with Gasteiger partial charge in [-0.1, -0.05) is 53.8 Å². The number of anilines is 1. The Bertz CT molecular complexity index is 1970. The number of thiazole rings is 1.